The van der Waals surface area contributed by atoms with E-state index in [-0.39, 0.29) is 22.6 Å². The van der Waals surface area contributed by atoms with Crippen molar-refractivity contribution < 1.29 is 19.2 Å². The van der Waals surface area contributed by atoms with Gasteiger partial charge in [-0.25, -0.2) is 4.21 Å². The molecule has 0 aliphatic heterocycles. The van der Waals surface area contributed by atoms with E-state index in [1.807, 2.05) is 48.5 Å². The molecule has 0 fully saturated rings. The van der Waals surface area contributed by atoms with Crippen LogP contribution in [0.5, 0.6) is 11.5 Å². The maximum atomic E-state index is 12.9. The van der Waals surface area contributed by atoms with Gasteiger partial charge in [-0.05, 0) is 60.5 Å². The number of carbonyl (C=O) groups excluding carboxylic acids is 1. The van der Waals surface area contributed by atoms with E-state index in [9.17, 15) is 19.2 Å². The summed E-state index contributed by atoms with van der Waals surface area (Å²) in [5, 5.41) is 23.8. The van der Waals surface area contributed by atoms with Crippen molar-refractivity contribution in [2.45, 2.75) is 23.1 Å². The Balaban J connectivity index is 1.55. The second-order valence-corrected chi connectivity index (χ2v) is 9.11. The molecule has 0 radical (unpaired) electrons. The van der Waals surface area contributed by atoms with E-state index in [2.05, 4.69) is 5.32 Å². The molecule has 0 saturated carbocycles. The second-order valence-electron chi connectivity index (χ2n) is 7.63. The van der Waals surface area contributed by atoms with Gasteiger partial charge in [0.2, 0.25) is 0 Å². The molecule has 0 aliphatic carbocycles. The highest BCUT2D eigenvalue weighted by Crippen LogP contribution is 2.35. The minimum atomic E-state index is -1.32. The normalized spacial score (nSPS) is 11.7. The lowest BCUT2D eigenvalue weighted by atomic mass is 9.97. The molecule has 4 rings (SSSR count). The highest BCUT2D eigenvalue weighted by atomic mass is 32.2. The molecule has 0 aromatic heterocycles. The molecule has 0 saturated heterocycles. The lowest BCUT2D eigenvalue weighted by Crippen LogP contribution is -2.13. The number of carbonyl (C=O) groups is 1. The number of phenolic OH excluding ortho intramolecular Hbond substituents is 2. The predicted molar refractivity (Wildman–Crippen MR) is 129 cm³/mol. The first-order valence-electron chi connectivity index (χ1n) is 10.4. The van der Waals surface area contributed by atoms with Crippen molar-refractivity contribution in [3.8, 4) is 11.5 Å². The van der Waals surface area contributed by atoms with Crippen LogP contribution < -0.4 is 5.32 Å². The van der Waals surface area contributed by atoms with Crippen molar-refractivity contribution in [2.24, 2.45) is 0 Å². The van der Waals surface area contributed by atoms with Crippen molar-refractivity contribution in [1.82, 2.24) is 0 Å². The standard InChI is InChI=1S/C27H23NO4S/c1-18-25(29)20(16-19-8-4-2-5-9-19)17-24(26(18)30)27(31)28-21-12-14-23(15-13-21)33(32)22-10-6-3-7-11-22/h2-15,17,29-30H,16H2,1H3,(H,28,31). The molecular weight excluding hydrogens is 434 g/mol. The summed E-state index contributed by atoms with van der Waals surface area (Å²) in [5.74, 6) is -0.786. The summed E-state index contributed by atoms with van der Waals surface area (Å²) < 4.78 is 12.7. The topological polar surface area (TPSA) is 86.6 Å². The quantitative estimate of drug-likeness (QED) is 0.361. The number of hydrogen-bond acceptors (Lipinski definition) is 4. The van der Waals surface area contributed by atoms with Gasteiger partial charge >= 0.3 is 0 Å². The summed E-state index contributed by atoms with van der Waals surface area (Å²) in [7, 11) is -1.32. The molecule has 4 aromatic carbocycles. The maximum absolute atomic E-state index is 12.9. The predicted octanol–water partition coefficient (Wildman–Crippen LogP) is 5.42. The number of nitrogens with one attached hydrogen (secondary N) is 1. The Kier molecular flexibility index (Phi) is 6.56. The van der Waals surface area contributed by atoms with E-state index in [0.29, 0.717) is 27.5 Å². The van der Waals surface area contributed by atoms with E-state index in [1.54, 1.807) is 43.3 Å². The molecule has 166 valence electrons. The molecule has 4 aromatic rings. The summed E-state index contributed by atoms with van der Waals surface area (Å²) in [5.41, 5.74) is 2.36. The number of rotatable bonds is 6. The van der Waals surface area contributed by atoms with Crippen LogP contribution in [0.3, 0.4) is 0 Å². The van der Waals surface area contributed by atoms with Gasteiger partial charge in [0.05, 0.1) is 16.4 Å². The molecule has 3 N–H and O–H groups in total. The SMILES string of the molecule is Cc1c(O)c(Cc2ccccc2)cc(C(=O)Nc2ccc(S(=O)c3ccccc3)cc2)c1O. The van der Waals surface area contributed by atoms with Gasteiger partial charge in [0.1, 0.15) is 11.5 Å². The van der Waals surface area contributed by atoms with Crippen LogP contribution in [0.2, 0.25) is 0 Å². The van der Waals surface area contributed by atoms with Gasteiger partial charge in [0.15, 0.2) is 0 Å². The van der Waals surface area contributed by atoms with E-state index in [4.69, 9.17) is 0 Å². The number of aromatic hydroxyl groups is 2. The first kappa shape index (κ1) is 22.3. The molecule has 1 atom stereocenters. The van der Waals surface area contributed by atoms with E-state index in [1.165, 1.54) is 6.07 Å². The Hall–Kier alpha value is -3.90. The fourth-order valence-corrected chi connectivity index (χ4v) is 4.59. The number of anilines is 1. The van der Waals surface area contributed by atoms with Gasteiger partial charge in [-0.2, -0.15) is 0 Å². The van der Waals surface area contributed by atoms with E-state index >= 15 is 0 Å². The monoisotopic (exact) mass is 457 g/mol. The Morgan fingerprint density at radius 1 is 0.818 bits per heavy atom. The molecule has 5 nitrogen and oxygen atoms in total. The Morgan fingerprint density at radius 2 is 1.39 bits per heavy atom. The third-order valence-electron chi connectivity index (χ3n) is 5.35. The molecule has 33 heavy (non-hydrogen) atoms. The van der Waals surface area contributed by atoms with Crippen LogP contribution in [-0.4, -0.2) is 20.3 Å². The average molecular weight is 458 g/mol. The Morgan fingerprint density at radius 3 is 2.03 bits per heavy atom. The molecule has 1 unspecified atom stereocenters. The van der Waals surface area contributed by atoms with Crippen molar-refractivity contribution >= 4 is 22.4 Å². The molecule has 0 spiro atoms. The summed E-state index contributed by atoms with van der Waals surface area (Å²) in [4.78, 5) is 14.2. The number of benzene rings is 4. The second kappa shape index (κ2) is 9.71. The zero-order valence-corrected chi connectivity index (χ0v) is 18.8. The molecular formula is C27H23NO4S. The zero-order valence-electron chi connectivity index (χ0n) is 18.0. The molecule has 1 amide bonds. The highest BCUT2D eigenvalue weighted by molar-refractivity contribution is 7.85. The van der Waals surface area contributed by atoms with Gasteiger partial charge in [-0.3, -0.25) is 4.79 Å². The van der Waals surface area contributed by atoms with Gasteiger partial charge in [0, 0.05) is 27.5 Å². The van der Waals surface area contributed by atoms with Crippen LogP contribution >= 0.6 is 0 Å². The first-order chi connectivity index (χ1) is 15.9. The van der Waals surface area contributed by atoms with Crippen LogP contribution in [0.15, 0.2) is 101 Å². The number of amides is 1. The van der Waals surface area contributed by atoms with Gasteiger partial charge < -0.3 is 15.5 Å². The molecule has 0 aliphatic rings. The van der Waals surface area contributed by atoms with E-state index < -0.39 is 16.7 Å². The van der Waals surface area contributed by atoms with Gasteiger partial charge in [-0.1, -0.05) is 48.5 Å². The minimum absolute atomic E-state index is 0.0272. The molecule has 6 heteroatoms. The summed E-state index contributed by atoms with van der Waals surface area (Å²) >= 11 is 0. The van der Waals surface area contributed by atoms with Crippen LogP contribution in [0, 0.1) is 6.92 Å². The minimum Gasteiger partial charge on any atom is -0.507 e. The molecule has 0 bridgehead atoms. The fraction of sp³-hybridized carbons (Fsp3) is 0.0741. The third kappa shape index (κ3) is 4.96. The maximum Gasteiger partial charge on any atom is 0.259 e. The van der Waals surface area contributed by atoms with E-state index in [0.717, 1.165) is 5.56 Å². The van der Waals surface area contributed by atoms with Gasteiger partial charge in [0.25, 0.3) is 5.91 Å². The average Bonchev–Trinajstić information content (AvgIpc) is 2.85. The molecule has 0 heterocycles. The Labute approximate surface area is 194 Å². The van der Waals surface area contributed by atoms with Gasteiger partial charge in [-0.15, -0.1) is 0 Å². The highest BCUT2D eigenvalue weighted by Gasteiger charge is 2.20. The summed E-state index contributed by atoms with van der Waals surface area (Å²) in [6, 6.07) is 27.0. The van der Waals surface area contributed by atoms with Crippen LogP contribution in [0.4, 0.5) is 5.69 Å². The van der Waals surface area contributed by atoms with Crippen molar-refractivity contribution in [3.05, 3.63) is 113 Å². The smallest absolute Gasteiger partial charge is 0.259 e. The largest absolute Gasteiger partial charge is 0.507 e. The van der Waals surface area contributed by atoms with Crippen molar-refractivity contribution in [1.29, 1.82) is 0 Å². The number of phenols is 2. The summed E-state index contributed by atoms with van der Waals surface area (Å²) in [6.45, 7) is 1.57. The lowest BCUT2D eigenvalue weighted by molar-refractivity contribution is 0.102. The van der Waals surface area contributed by atoms with Crippen LogP contribution in [0.1, 0.15) is 27.0 Å². The van der Waals surface area contributed by atoms with Crippen molar-refractivity contribution in [2.75, 3.05) is 5.32 Å². The Bertz CT molecular complexity index is 1300. The number of hydrogen-bond donors (Lipinski definition) is 3. The first-order valence-corrected chi connectivity index (χ1v) is 11.6. The summed E-state index contributed by atoms with van der Waals surface area (Å²) in [6.07, 6.45) is 0.425. The third-order valence-corrected chi connectivity index (χ3v) is 6.75. The van der Waals surface area contributed by atoms with Crippen LogP contribution in [-0.2, 0) is 17.2 Å². The van der Waals surface area contributed by atoms with Crippen molar-refractivity contribution in [3.63, 3.8) is 0 Å². The zero-order chi connectivity index (χ0) is 23.4. The van der Waals surface area contributed by atoms with Crippen LogP contribution in [0.25, 0.3) is 0 Å². The lowest BCUT2D eigenvalue weighted by Gasteiger charge is -2.14. The fourth-order valence-electron chi connectivity index (χ4n) is 3.53.